The van der Waals surface area contributed by atoms with Gasteiger partial charge >= 0.3 is 5.97 Å². The van der Waals surface area contributed by atoms with E-state index in [1.54, 1.807) is 12.1 Å². The summed E-state index contributed by atoms with van der Waals surface area (Å²) in [5.74, 6) is -0.332. The van der Waals surface area contributed by atoms with Crippen molar-refractivity contribution in [2.24, 2.45) is 0 Å². The smallest absolute Gasteiger partial charge is 0.330 e. The zero-order chi connectivity index (χ0) is 18.8. The average Bonchev–Trinajstić information content (AvgIpc) is 2.51. The summed E-state index contributed by atoms with van der Waals surface area (Å²) in [6, 6.07) is 5.78. The molecule has 7 heteroatoms. The Morgan fingerprint density at radius 2 is 1.83 bits per heavy atom. The summed E-state index contributed by atoms with van der Waals surface area (Å²) < 4.78 is 37.0. The molecule has 1 aromatic rings. The van der Waals surface area contributed by atoms with Crippen molar-refractivity contribution in [3.05, 3.63) is 42.5 Å². The summed E-state index contributed by atoms with van der Waals surface area (Å²) >= 11 is 0. The van der Waals surface area contributed by atoms with Gasteiger partial charge in [-0.3, -0.25) is 0 Å². The second-order valence-electron chi connectivity index (χ2n) is 5.97. The molecule has 0 amide bonds. The molecule has 0 aromatic heterocycles. The molecule has 136 valence electrons. The van der Waals surface area contributed by atoms with Gasteiger partial charge in [0.05, 0.1) is 38.7 Å². The fourth-order valence-electron chi connectivity index (χ4n) is 1.59. The van der Waals surface area contributed by atoms with E-state index in [4.69, 9.17) is 4.74 Å². The Morgan fingerprint density at radius 1 is 1.29 bits per heavy atom. The number of quaternary nitrogens is 1. The van der Waals surface area contributed by atoms with Gasteiger partial charge < -0.3 is 13.8 Å². The topological polar surface area (TPSA) is 83.5 Å². The highest BCUT2D eigenvalue weighted by Crippen LogP contribution is 2.08. The Morgan fingerprint density at radius 3 is 2.25 bits per heavy atom. The predicted octanol–water partition coefficient (Wildman–Crippen LogP) is 2.10. The molecule has 0 spiro atoms. The summed E-state index contributed by atoms with van der Waals surface area (Å²) in [5, 5.41) is 0. The Kier molecular flexibility index (Phi) is 9.50. The van der Waals surface area contributed by atoms with Gasteiger partial charge in [0.1, 0.15) is 10.1 Å². The molecule has 1 rings (SSSR count). The lowest BCUT2D eigenvalue weighted by molar-refractivity contribution is -0.888. The Balaban J connectivity index is 0.000000446. The maximum atomic E-state index is 10.7. The van der Waals surface area contributed by atoms with Crippen molar-refractivity contribution in [3.8, 4) is 0 Å². The predicted molar refractivity (Wildman–Crippen MR) is 92.4 cm³/mol. The molecular weight excluding hydrogens is 330 g/mol. The number of aryl methyl sites for hydroxylation is 1. The molecule has 0 bridgehead atoms. The third kappa shape index (κ3) is 10.1. The van der Waals surface area contributed by atoms with Gasteiger partial charge in [0.2, 0.25) is 0 Å². The first-order valence-electron chi connectivity index (χ1n) is 7.65. The summed E-state index contributed by atoms with van der Waals surface area (Å²) in [7, 11) is 0.0545. The number of hydrogen-bond acceptors (Lipinski definition) is 5. The quantitative estimate of drug-likeness (QED) is 0.245. The highest BCUT2D eigenvalue weighted by Gasteiger charge is 2.10. The second kappa shape index (κ2) is 10.2. The van der Waals surface area contributed by atoms with Gasteiger partial charge in [0.25, 0.3) is 0 Å². The third-order valence-corrected chi connectivity index (χ3v) is 4.33. The molecule has 0 saturated heterocycles. The van der Waals surface area contributed by atoms with Crippen LogP contribution in [0.5, 0.6) is 0 Å². The molecule has 0 heterocycles. The Labute approximate surface area is 145 Å². The van der Waals surface area contributed by atoms with E-state index >= 15 is 0 Å². The molecule has 0 fully saturated rings. The van der Waals surface area contributed by atoms with E-state index in [9.17, 15) is 17.8 Å². The van der Waals surface area contributed by atoms with Crippen molar-refractivity contribution in [2.75, 3.05) is 33.8 Å². The van der Waals surface area contributed by atoms with Gasteiger partial charge in [0, 0.05) is 12.5 Å². The van der Waals surface area contributed by atoms with Gasteiger partial charge in [-0.25, -0.2) is 13.2 Å². The minimum atomic E-state index is -4.27. The molecule has 0 N–H and O–H groups in total. The van der Waals surface area contributed by atoms with Gasteiger partial charge in [-0.1, -0.05) is 24.3 Å². The lowest BCUT2D eigenvalue weighted by Gasteiger charge is -2.27. The van der Waals surface area contributed by atoms with Crippen LogP contribution < -0.4 is 0 Å². The number of carbonyl (C=O) groups excluding carboxylic acids is 1. The first kappa shape index (κ1) is 22.3. The van der Waals surface area contributed by atoms with Crippen LogP contribution in [0.1, 0.15) is 18.9 Å². The Bertz CT molecular complexity index is 621. The standard InChI is InChI=1S/C10H20NO2.C7H8O3S/c1-5-10(12)13-9-7-8-11(3,4)6-2;1-6-2-4-7(5-3-6)11(8,9)10/h5H,1,6-9H2,2-4H3;2-5H,1H3,(H,8,9,10)/q+1;/p-1. The largest absolute Gasteiger partial charge is 0.744 e. The minimum Gasteiger partial charge on any atom is -0.744 e. The first-order valence-corrected chi connectivity index (χ1v) is 9.06. The third-order valence-electron chi connectivity index (χ3n) is 3.48. The normalized spacial score (nSPS) is 11.2. The lowest BCUT2D eigenvalue weighted by atomic mass is 10.2. The van der Waals surface area contributed by atoms with E-state index in [1.165, 1.54) is 18.2 Å². The van der Waals surface area contributed by atoms with E-state index in [2.05, 4.69) is 27.6 Å². The highest BCUT2D eigenvalue weighted by molar-refractivity contribution is 7.85. The Hall–Kier alpha value is -1.70. The van der Waals surface area contributed by atoms with Crippen LogP contribution in [0.3, 0.4) is 0 Å². The number of nitrogens with zero attached hydrogens (tertiary/aromatic N) is 1. The molecule has 0 radical (unpaired) electrons. The van der Waals surface area contributed by atoms with Crippen LogP contribution in [0.15, 0.2) is 41.8 Å². The van der Waals surface area contributed by atoms with Crippen molar-refractivity contribution in [1.29, 1.82) is 0 Å². The monoisotopic (exact) mass is 357 g/mol. The van der Waals surface area contributed by atoms with Crippen LogP contribution >= 0.6 is 0 Å². The number of benzene rings is 1. The molecule has 1 aromatic carbocycles. The number of esters is 1. The molecule has 24 heavy (non-hydrogen) atoms. The van der Waals surface area contributed by atoms with Crippen molar-refractivity contribution in [2.45, 2.75) is 25.2 Å². The zero-order valence-corrected chi connectivity index (χ0v) is 15.6. The number of carbonyl (C=O) groups is 1. The maximum absolute atomic E-state index is 10.7. The number of rotatable bonds is 7. The summed E-state index contributed by atoms with van der Waals surface area (Å²) in [6.07, 6.45) is 2.10. The molecule has 0 atom stereocenters. The molecule has 0 aliphatic rings. The summed E-state index contributed by atoms with van der Waals surface area (Å²) in [6.45, 7) is 9.91. The molecule has 0 aliphatic heterocycles. The van der Waals surface area contributed by atoms with Gasteiger partial charge in [0.15, 0.2) is 0 Å². The fraction of sp³-hybridized carbons (Fsp3) is 0.471. The molecular formula is C17H27NO5S. The zero-order valence-electron chi connectivity index (χ0n) is 14.8. The number of hydrogen-bond donors (Lipinski definition) is 0. The SMILES string of the molecule is C=CC(=O)OCCC[N+](C)(C)CC.Cc1ccc(S(=O)(=O)[O-])cc1. The first-order chi connectivity index (χ1) is 11.0. The van der Waals surface area contributed by atoms with Crippen molar-refractivity contribution in [1.82, 2.24) is 0 Å². The van der Waals surface area contributed by atoms with Gasteiger partial charge in [-0.15, -0.1) is 0 Å². The molecule has 6 nitrogen and oxygen atoms in total. The second-order valence-corrected chi connectivity index (χ2v) is 7.35. The van der Waals surface area contributed by atoms with Crippen LogP contribution in [-0.2, 0) is 19.6 Å². The van der Waals surface area contributed by atoms with Crippen LogP contribution in [0.2, 0.25) is 0 Å². The van der Waals surface area contributed by atoms with Crippen LogP contribution in [0, 0.1) is 6.92 Å². The van der Waals surface area contributed by atoms with E-state index in [1.807, 2.05) is 6.92 Å². The van der Waals surface area contributed by atoms with E-state index < -0.39 is 10.1 Å². The number of ether oxygens (including phenoxy) is 1. The van der Waals surface area contributed by atoms with E-state index in [-0.39, 0.29) is 10.9 Å². The summed E-state index contributed by atoms with van der Waals surface area (Å²) in [4.78, 5) is 10.5. The van der Waals surface area contributed by atoms with E-state index in [0.29, 0.717) is 6.61 Å². The molecule has 0 saturated carbocycles. The lowest BCUT2D eigenvalue weighted by Crippen LogP contribution is -2.40. The van der Waals surface area contributed by atoms with Crippen LogP contribution in [0.4, 0.5) is 0 Å². The van der Waals surface area contributed by atoms with Crippen molar-refractivity contribution >= 4 is 16.1 Å². The average molecular weight is 357 g/mol. The van der Waals surface area contributed by atoms with E-state index in [0.717, 1.165) is 29.6 Å². The molecule has 0 unspecified atom stereocenters. The van der Waals surface area contributed by atoms with Crippen molar-refractivity contribution in [3.63, 3.8) is 0 Å². The highest BCUT2D eigenvalue weighted by atomic mass is 32.2. The van der Waals surface area contributed by atoms with Gasteiger partial charge in [-0.05, 0) is 26.0 Å². The van der Waals surface area contributed by atoms with Crippen LogP contribution in [-0.4, -0.2) is 57.2 Å². The summed E-state index contributed by atoms with van der Waals surface area (Å²) in [5.41, 5.74) is 0.928. The van der Waals surface area contributed by atoms with Gasteiger partial charge in [-0.2, -0.15) is 0 Å². The fourth-order valence-corrected chi connectivity index (χ4v) is 2.06. The van der Waals surface area contributed by atoms with Crippen molar-refractivity contribution < 1.29 is 27.0 Å². The maximum Gasteiger partial charge on any atom is 0.330 e. The van der Waals surface area contributed by atoms with Crippen LogP contribution in [0.25, 0.3) is 0 Å². The minimum absolute atomic E-state index is 0.178. The molecule has 0 aliphatic carbocycles.